The molecule has 4 aromatic heterocycles. The minimum absolute atomic E-state index is 0.0218. The van der Waals surface area contributed by atoms with E-state index in [1.807, 2.05) is 27.7 Å². The molecule has 2 fully saturated rings. The summed E-state index contributed by atoms with van der Waals surface area (Å²) in [4.78, 5) is 191. The van der Waals surface area contributed by atoms with E-state index >= 15 is 0 Å². The zero-order chi connectivity index (χ0) is 93.0. The van der Waals surface area contributed by atoms with Gasteiger partial charge in [-0.15, -0.1) is 0 Å². The van der Waals surface area contributed by atoms with Crippen molar-refractivity contribution in [1.82, 2.24) is 60.3 Å². The highest BCUT2D eigenvalue weighted by Crippen LogP contribution is 2.58. The Morgan fingerprint density at radius 2 is 0.934 bits per heavy atom. The van der Waals surface area contributed by atoms with Crippen LogP contribution in [0.2, 0.25) is 0 Å². The van der Waals surface area contributed by atoms with Crippen molar-refractivity contribution in [3.05, 3.63) is 48.6 Å². The SMILES string of the molecule is CC(C)=CC(=O)SCCNC(=O)CCNC(=O)C(O)C(C)(C)COP(=O)([O-])OP(=O)([O-])OCC1OC(n2cnc3c(N)ncnc32)C(O)C1OP(=O)([O-])[O-].CC(C)=CCO.CC(C)C(O)C(=O)SCCNC(=O)CCNC(=O)C(O)C(C)(C)COP(=O)([O-])OP(=O)([O-])OCC1OC(n2cnc3c(N)ncnc32)C(O)C1OP(=O)([O-])[O-].CC(C)C(O)CO. The molecular formula is C62H100N14O38P6S2-8. The number of hydrogen-bond donors (Lipinski definition) is 14. The molecule has 16 atom stereocenters. The van der Waals surface area contributed by atoms with E-state index < -0.39 is 186 Å². The first-order valence-electron chi connectivity index (χ1n) is 36.0. The lowest BCUT2D eigenvalue weighted by molar-refractivity contribution is -0.348. The van der Waals surface area contributed by atoms with E-state index in [9.17, 15) is 121 Å². The minimum atomic E-state index is -5.92. The van der Waals surface area contributed by atoms with Gasteiger partial charge in [-0.05, 0) is 45.6 Å². The summed E-state index contributed by atoms with van der Waals surface area (Å²) in [5, 5.41) is 86.4. The van der Waals surface area contributed by atoms with Crippen LogP contribution in [0.1, 0.15) is 108 Å². The molecule has 2 aliphatic heterocycles. The second kappa shape index (κ2) is 49.7. The van der Waals surface area contributed by atoms with Gasteiger partial charge in [-0.3, -0.25) is 56.2 Å². The Hall–Kier alpha value is -5.56. The van der Waals surface area contributed by atoms with Crippen molar-refractivity contribution in [3.8, 4) is 0 Å². The topological polar surface area (TPSA) is 831 Å². The Labute approximate surface area is 706 Å². The molecule has 0 aromatic carbocycles. The van der Waals surface area contributed by atoms with Gasteiger partial charge in [0.15, 0.2) is 35.4 Å². The Morgan fingerprint density at radius 1 is 0.557 bits per heavy atom. The van der Waals surface area contributed by atoms with Crippen LogP contribution < -0.4 is 71.9 Å². The lowest BCUT2D eigenvalue weighted by atomic mass is 9.87. The fraction of sp³-hybridized carbons (Fsp3) is 0.677. The number of hydrogen-bond acceptors (Lipinski definition) is 48. The van der Waals surface area contributed by atoms with Gasteiger partial charge in [-0.2, -0.15) is 0 Å². The van der Waals surface area contributed by atoms with Crippen molar-refractivity contribution in [2.45, 2.75) is 169 Å². The summed E-state index contributed by atoms with van der Waals surface area (Å²) in [5.74, 6) is -2.78. The first-order chi connectivity index (χ1) is 56.2. The molecule has 6 rings (SSSR count). The maximum absolute atomic E-state index is 12.5. The standard InChI is InChI=1S/C26H44N7O18P3S.C26H42N7O17P3S.C5H12O2.C5H10O/c1-13(2)17(35)25(39)55-8-7-28-15(34)5-6-29-23(38)20(37)26(3,4)10-48-54(45,46)51-53(43,44)47-9-14-19(50-52(40,41)42)18(36)24(49-14)33-12-32-16-21(27)30-11-31-22(16)33;1-14(2)9-17(35)54-8-7-28-16(34)5-6-29-24(38)21(37)26(3,4)11-47-53(44,45)50-52(42,43)46-10-15-20(49-51(39,40)41)19(36)25(48-15)33-13-32-18-22(27)30-12-31-23(18)33;1-4(2)5(7)3-6;1-5(2)3-4-6/h11-14,17-20,24,35-37H,5-10H2,1-4H3,(H,28,34)(H,29,38)(H,43,44)(H,45,46)(H2,27,30,31)(H2,40,41,42);9,12-13,15,19-21,25,36-37H,5-8,10-11H2,1-4H3,(H,28,34)(H,29,38)(H,42,43)(H,44,45)(H2,27,30,31)(H2,39,40,41);4-7H,3H2,1-2H3;3,6H,4H2,1-2H3/p-8. The van der Waals surface area contributed by atoms with E-state index in [4.69, 9.17) is 36.3 Å². The van der Waals surface area contributed by atoms with Crippen LogP contribution in [0.5, 0.6) is 0 Å². The van der Waals surface area contributed by atoms with E-state index in [-0.39, 0.29) is 109 Å². The van der Waals surface area contributed by atoms with Crippen LogP contribution in [-0.2, 0) is 101 Å². The summed E-state index contributed by atoms with van der Waals surface area (Å²) in [6.45, 7) is 14.6. The summed E-state index contributed by atoms with van der Waals surface area (Å²) >= 11 is 1.86. The second-order valence-corrected chi connectivity index (χ2v) is 39.0. The van der Waals surface area contributed by atoms with Crippen LogP contribution in [0.15, 0.2) is 48.6 Å². The van der Waals surface area contributed by atoms with Gasteiger partial charge in [-0.25, -0.2) is 38.5 Å². The van der Waals surface area contributed by atoms with Gasteiger partial charge in [0.05, 0.1) is 74.0 Å². The number of aromatic nitrogens is 8. The number of thioether (sulfide) groups is 2. The number of allylic oxidation sites excluding steroid dienone is 2. The third-order valence-electron chi connectivity index (χ3n) is 16.2. The fourth-order valence-electron chi connectivity index (χ4n) is 9.55. The third kappa shape index (κ3) is 38.6. The van der Waals surface area contributed by atoms with Crippen LogP contribution in [0.4, 0.5) is 11.6 Å². The molecule has 4 aromatic rings. The number of nitrogens with two attached hydrogens (primary N) is 2. The van der Waals surface area contributed by atoms with Gasteiger partial charge in [0.25, 0.3) is 31.3 Å². The molecule has 0 aliphatic carbocycles. The molecule has 52 nitrogen and oxygen atoms in total. The fourth-order valence-corrected chi connectivity index (χ4v) is 16.6. The highest BCUT2D eigenvalue weighted by atomic mass is 32.2. The maximum atomic E-state index is 12.5. The number of aliphatic hydroxyl groups is 8. The molecule has 4 amide bonds. The molecule has 0 bridgehead atoms. The highest BCUT2D eigenvalue weighted by molar-refractivity contribution is 8.14. The maximum Gasteiger partial charge on any atom is 0.274 e. The number of nitrogens with zero attached hydrogens (tertiary/aromatic N) is 8. The molecule has 0 spiro atoms. The molecule has 16 N–H and O–H groups in total. The summed E-state index contributed by atoms with van der Waals surface area (Å²) in [5.41, 5.74) is 10.1. The first kappa shape index (κ1) is 111. The number of fused-ring (bicyclic) bond motifs is 2. The van der Waals surface area contributed by atoms with Gasteiger partial charge < -0.3 is 158 Å². The number of ether oxygens (including phenoxy) is 2. The van der Waals surface area contributed by atoms with Crippen molar-refractivity contribution in [2.24, 2.45) is 22.7 Å². The van der Waals surface area contributed by atoms with Crippen molar-refractivity contribution in [1.29, 1.82) is 0 Å². The van der Waals surface area contributed by atoms with Gasteiger partial charge in [0.1, 0.15) is 78.6 Å². The molecule has 60 heteroatoms. The Kier molecular flexibility index (Phi) is 45.0. The van der Waals surface area contributed by atoms with E-state index in [1.54, 1.807) is 33.8 Å². The number of carbonyl (C=O) groups excluding carboxylic acids is 6. The van der Waals surface area contributed by atoms with Crippen LogP contribution in [0.3, 0.4) is 0 Å². The second-order valence-electron chi connectivity index (χ2n) is 28.7. The van der Waals surface area contributed by atoms with Crippen molar-refractivity contribution < 1.29 is 181 Å². The van der Waals surface area contributed by atoms with Gasteiger partial charge in [-0.1, -0.05) is 96.1 Å². The number of aliphatic hydroxyl groups excluding tert-OH is 8. The summed E-state index contributed by atoms with van der Waals surface area (Å²) in [7, 11) is -35.2. The molecule has 16 unspecified atom stereocenters. The van der Waals surface area contributed by atoms with Crippen LogP contribution >= 0.6 is 70.5 Å². The third-order valence-corrected chi connectivity index (χ3v) is 23.9. The minimum Gasteiger partial charge on any atom is -0.790 e. The summed E-state index contributed by atoms with van der Waals surface area (Å²) in [6.07, 6.45) is -13.7. The average Bonchev–Trinajstić information content (AvgIpc) is 1.62. The molecule has 122 heavy (non-hydrogen) atoms. The Bertz CT molecular complexity index is 4480. The molecule has 6 heterocycles. The van der Waals surface area contributed by atoms with Crippen LogP contribution in [0, 0.1) is 22.7 Å². The van der Waals surface area contributed by atoms with Crippen molar-refractivity contribution in [2.75, 3.05) is 88.8 Å². The number of carbonyl (C=O) groups is 6. The van der Waals surface area contributed by atoms with Crippen molar-refractivity contribution >= 4 is 138 Å². The highest BCUT2D eigenvalue weighted by Gasteiger charge is 2.50. The molecule has 2 aliphatic rings. The summed E-state index contributed by atoms with van der Waals surface area (Å²) < 4.78 is 121. The largest absolute Gasteiger partial charge is 0.790 e. The lowest BCUT2D eigenvalue weighted by Gasteiger charge is -2.36. The van der Waals surface area contributed by atoms with Gasteiger partial charge >= 0.3 is 0 Å². The molecule has 0 radical (unpaired) electrons. The predicted octanol–water partition coefficient (Wildman–Crippen LogP) is -5.80. The number of phosphoric acid groups is 6. The lowest BCUT2D eigenvalue weighted by Crippen LogP contribution is -2.46. The van der Waals surface area contributed by atoms with Crippen LogP contribution in [-0.4, -0.2) is 252 Å². The monoisotopic (exact) mass is 1900 g/mol. The smallest absolute Gasteiger partial charge is 0.274 e. The Balaban J connectivity index is 0.000000549. The van der Waals surface area contributed by atoms with Gasteiger partial charge in [0, 0.05) is 61.4 Å². The normalized spacial score (nSPS) is 21.1. The zero-order valence-corrected chi connectivity index (χ0v) is 74.5. The van der Waals surface area contributed by atoms with E-state index in [0.717, 1.165) is 69.1 Å². The van der Waals surface area contributed by atoms with E-state index in [0.29, 0.717) is 5.75 Å². The van der Waals surface area contributed by atoms with Crippen molar-refractivity contribution in [3.63, 3.8) is 0 Å². The Morgan fingerprint density at radius 3 is 1.25 bits per heavy atom. The average molecular weight is 1900 g/mol. The number of amides is 4. The quantitative estimate of drug-likeness (QED) is 0.00849. The molecule has 2 saturated heterocycles. The number of nitrogen functional groups attached to an aromatic ring is 2. The molecule has 696 valence electrons. The number of imidazole rings is 2. The van der Waals surface area contributed by atoms with E-state index in [2.05, 4.69) is 86.9 Å². The first-order valence-corrected chi connectivity index (χ1v) is 46.8. The summed E-state index contributed by atoms with van der Waals surface area (Å²) in [6, 6.07) is 0. The predicted molar refractivity (Wildman–Crippen MR) is 411 cm³/mol. The van der Waals surface area contributed by atoms with Crippen LogP contribution in [0.25, 0.3) is 22.3 Å². The number of anilines is 2. The van der Waals surface area contributed by atoms with Gasteiger partial charge in [0.2, 0.25) is 33.9 Å². The molecular weight excluding hydrogens is 1800 g/mol. The molecule has 0 saturated carbocycles. The number of rotatable bonds is 44. The van der Waals surface area contributed by atoms with E-state index in [1.165, 1.54) is 33.8 Å². The number of phosphoric ester groups is 6. The number of nitrogens with one attached hydrogen (secondary N) is 4. The zero-order valence-electron chi connectivity index (χ0n) is 67.5.